The quantitative estimate of drug-likeness (QED) is 0.313. The Morgan fingerprint density at radius 2 is 1.64 bits per heavy atom. The van der Waals surface area contributed by atoms with E-state index in [1.165, 1.54) is 25.7 Å². The molecule has 3 heteroatoms. The van der Waals surface area contributed by atoms with Crippen LogP contribution in [0.15, 0.2) is 43.0 Å². The second kappa shape index (κ2) is 9.20. The standard InChI is InChI=1S/C36H52O3/c1-7-25-15-20-36(31(38)39-23-24-11-9-8-10-12-24)22-21-34(5)26(30(25)36)13-14-28-33(4)18-17-29(37)32(2,3)27(33)16-19-35(28,34)6/h7-12,25-30,37H,1,13-23H2,2-6H3/t25-,26?,27?,28?,29-,30?,33+,34-,35-,36+/m1/s1. The molecule has 39 heavy (non-hydrogen) atoms. The van der Waals surface area contributed by atoms with Gasteiger partial charge in [0.1, 0.15) is 6.61 Å². The molecule has 0 aromatic heterocycles. The molecule has 1 aromatic carbocycles. The maximum absolute atomic E-state index is 14.0. The van der Waals surface area contributed by atoms with Crippen LogP contribution >= 0.6 is 0 Å². The number of aliphatic hydroxyl groups excluding tert-OH is 1. The van der Waals surface area contributed by atoms with Gasteiger partial charge in [-0.2, -0.15) is 0 Å². The first kappa shape index (κ1) is 27.6. The lowest BCUT2D eigenvalue weighted by Gasteiger charge is -2.72. The number of allylic oxidation sites excluding steroid dienone is 1. The highest BCUT2D eigenvalue weighted by atomic mass is 16.5. The van der Waals surface area contributed by atoms with E-state index in [1.54, 1.807) is 0 Å². The monoisotopic (exact) mass is 532 g/mol. The Bertz CT molecular complexity index is 1110. The molecule has 1 aromatic rings. The van der Waals surface area contributed by atoms with Gasteiger partial charge in [0.25, 0.3) is 0 Å². The zero-order valence-electron chi connectivity index (χ0n) is 25.2. The molecule has 10 atom stereocenters. The third kappa shape index (κ3) is 3.66. The summed E-state index contributed by atoms with van der Waals surface area (Å²) in [6.45, 7) is 17.2. The Labute approximate surface area is 237 Å². The predicted octanol–water partition coefficient (Wildman–Crippen LogP) is 8.36. The van der Waals surface area contributed by atoms with Gasteiger partial charge in [0, 0.05) is 0 Å². The molecule has 0 heterocycles. The first-order chi connectivity index (χ1) is 18.4. The van der Waals surface area contributed by atoms with Crippen molar-refractivity contribution in [2.45, 2.75) is 112 Å². The van der Waals surface area contributed by atoms with Gasteiger partial charge in [0.15, 0.2) is 0 Å². The van der Waals surface area contributed by atoms with Crippen LogP contribution in [0.4, 0.5) is 0 Å². The van der Waals surface area contributed by atoms with E-state index >= 15 is 0 Å². The number of benzene rings is 1. The van der Waals surface area contributed by atoms with Crippen LogP contribution in [-0.4, -0.2) is 17.2 Å². The summed E-state index contributed by atoms with van der Waals surface area (Å²) in [4.78, 5) is 14.0. The number of hydrogen-bond acceptors (Lipinski definition) is 3. The minimum absolute atomic E-state index is 0.0182. The molecule has 5 saturated carbocycles. The van der Waals surface area contributed by atoms with Crippen LogP contribution < -0.4 is 0 Å². The van der Waals surface area contributed by atoms with Gasteiger partial charge in [-0.25, -0.2) is 0 Å². The SMILES string of the molecule is C=C[C@@H]1CC[C@]2(C(=O)OCc3ccccc3)CC[C@]3(C)C(CCC4[C@@]5(C)CC[C@@H](O)C(C)(C)C5CC[C@]43C)C12. The van der Waals surface area contributed by atoms with E-state index in [0.29, 0.717) is 36.2 Å². The molecule has 0 amide bonds. The molecule has 0 radical (unpaired) electrons. The molecule has 5 fully saturated rings. The molecule has 1 N–H and O–H groups in total. The van der Waals surface area contributed by atoms with Crippen molar-refractivity contribution in [1.82, 2.24) is 0 Å². The van der Waals surface area contributed by atoms with Crippen molar-refractivity contribution in [2.24, 2.45) is 56.7 Å². The lowest BCUT2D eigenvalue weighted by Crippen LogP contribution is -2.67. The number of ether oxygens (including phenoxy) is 1. The molecular weight excluding hydrogens is 480 g/mol. The van der Waals surface area contributed by atoms with Crippen molar-refractivity contribution in [1.29, 1.82) is 0 Å². The smallest absolute Gasteiger partial charge is 0.312 e. The highest BCUT2D eigenvalue weighted by Crippen LogP contribution is 2.77. The zero-order chi connectivity index (χ0) is 27.8. The van der Waals surface area contributed by atoms with E-state index in [-0.39, 0.29) is 39.1 Å². The molecule has 5 aliphatic rings. The summed E-state index contributed by atoms with van der Waals surface area (Å²) in [5, 5.41) is 11.0. The second-order valence-corrected chi connectivity index (χ2v) is 15.7. The Hall–Kier alpha value is -1.61. The Balaban J connectivity index is 1.32. The molecule has 4 unspecified atom stereocenters. The van der Waals surface area contributed by atoms with E-state index in [1.807, 2.05) is 30.3 Å². The van der Waals surface area contributed by atoms with Gasteiger partial charge in [-0.1, -0.05) is 71.0 Å². The van der Waals surface area contributed by atoms with Gasteiger partial charge >= 0.3 is 5.97 Å². The number of carbonyl (C=O) groups excluding carboxylic acids is 1. The van der Waals surface area contributed by atoms with E-state index in [2.05, 4.69) is 47.3 Å². The van der Waals surface area contributed by atoms with Crippen LogP contribution in [0.2, 0.25) is 0 Å². The first-order valence-electron chi connectivity index (χ1n) is 16.0. The molecule has 5 aliphatic carbocycles. The van der Waals surface area contributed by atoms with Gasteiger partial charge < -0.3 is 9.84 Å². The maximum Gasteiger partial charge on any atom is 0.312 e. The summed E-state index contributed by atoms with van der Waals surface area (Å²) < 4.78 is 6.13. The van der Waals surface area contributed by atoms with Crippen LogP contribution in [0.25, 0.3) is 0 Å². The fourth-order valence-electron chi connectivity index (χ4n) is 12.1. The van der Waals surface area contributed by atoms with Crippen LogP contribution in [0, 0.1) is 56.7 Å². The molecule has 214 valence electrons. The third-order valence-electron chi connectivity index (χ3n) is 14.4. The van der Waals surface area contributed by atoms with E-state index in [9.17, 15) is 9.90 Å². The van der Waals surface area contributed by atoms with Gasteiger partial charge in [-0.15, -0.1) is 6.58 Å². The fraction of sp³-hybridized carbons (Fsp3) is 0.750. The van der Waals surface area contributed by atoms with Crippen molar-refractivity contribution < 1.29 is 14.6 Å². The molecule has 0 saturated heterocycles. The van der Waals surface area contributed by atoms with Crippen LogP contribution in [0.1, 0.15) is 104 Å². The normalized spacial score (nSPS) is 48.2. The Morgan fingerprint density at radius 1 is 0.897 bits per heavy atom. The van der Waals surface area contributed by atoms with Crippen molar-refractivity contribution in [2.75, 3.05) is 0 Å². The first-order valence-corrected chi connectivity index (χ1v) is 16.0. The fourth-order valence-corrected chi connectivity index (χ4v) is 12.1. The molecular formula is C36H52O3. The van der Waals surface area contributed by atoms with Gasteiger partial charge in [-0.3, -0.25) is 4.79 Å². The summed E-state index contributed by atoms with van der Waals surface area (Å²) in [6, 6.07) is 10.1. The van der Waals surface area contributed by atoms with E-state index < -0.39 is 0 Å². The molecule has 6 rings (SSSR count). The average molecular weight is 533 g/mol. The highest BCUT2D eigenvalue weighted by molar-refractivity contribution is 5.78. The summed E-state index contributed by atoms with van der Waals surface area (Å²) in [7, 11) is 0. The summed E-state index contributed by atoms with van der Waals surface area (Å²) in [5.41, 5.74) is 1.43. The lowest BCUT2D eigenvalue weighted by molar-refractivity contribution is -0.248. The number of carbonyl (C=O) groups is 1. The highest BCUT2D eigenvalue weighted by Gasteiger charge is 2.71. The number of rotatable bonds is 4. The molecule has 0 spiro atoms. The molecule has 0 bridgehead atoms. The number of hydrogen-bond donors (Lipinski definition) is 1. The molecule has 0 aliphatic heterocycles. The largest absolute Gasteiger partial charge is 0.460 e. The van der Waals surface area contributed by atoms with Crippen LogP contribution in [0.3, 0.4) is 0 Å². The number of aliphatic hydroxyl groups is 1. The van der Waals surface area contributed by atoms with Crippen molar-refractivity contribution >= 4 is 5.97 Å². The summed E-state index contributed by atoms with van der Waals surface area (Å²) in [5.74, 6) is 2.57. The Kier molecular flexibility index (Phi) is 6.50. The average Bonchev–Trinajstić information content (AvgIpc) is 3.31. The van der Waals surface area contributed by atoms with Crippen molar-refractivity contribution in [3.05, 3.63) is 48.6 Å². The Morgan fingerprint density at radius 3 is 2.36 bits per heavy atom. The second-order valence-electron chi connectivity index (χ2n) is 15.7. The van der Waals surface area contributed by atoms with Crippen LogP contribution in [-0.2, 0) is 16.1 Å². The topological polar surface area (TPSA) is 46.5 Å². The zero-order valence-corrected chi connectivity index (χ0v) is 25.2. The summed E-state index contributed by atoms with van der Waals surface area (Å²) >= 11 is 0. The number of esters is 1. The third-order valence-corrected chi connectivity index (χ3v) is 14.4. The van der Waals surface area contributed by atoms with E-state index in [4.69, 9.17) is 4.74 Å². The van der Waals surface area contributed by atoms with Crippen LogP contribution in [0.5, 0.6) is 0 Å². The van der Waals surface area contributed by atoms with Gasteiger partial charge in [0.2, 0.25) is 0 Å². The minimum atomic E-state index is -0.362. The van der Waals surface area contributed by atoms with E-state index in [0.717, 1.165) is 44.1 Å². The van der Waals surface area contributed by atoms with Gasteiger partial charge in [-0.05, 0) is 121 Å². The van der Waals surface area contributed by atoms with Crippen molar-refractivity contribution in [3.8, 4) is 0 Å². The van der Waals surface area contributed by atoms with Crippen molar-refractivity contribution in [3.63, 3.8) is 0 Å². The summed E-state index contributed by atoms with van der Waals surface area (Å²) in [6.07, 6.45) is 13.1. The number of fused-ring (bicyclic) bond motifs is 7. The van der Waals surface area contributed by atoms with Gasteiger partial charge in [0.05, 0.1) is 11.5 Å². The molecule has 3 nitrogen and oxygen atoms in total. The maximum atomic E-state index is 14.0. The lowest BCUT2D eigenvalue weighted by atomic mass is 9.32. The minimum Gasteiger partial charge on any atom is -0.460 e. The predicted molar refractivity (Wildman–Crippen MR) is 157 cm³/mol.